The summed E-state index contributed by atoms with van der Waals surface area (Å²) in [6.07, 6.45) is 1.67. The van der Waals surface area contributed by atoms with Crippen molar-refractivity contribution in [2.75, 3.05) is 0 Å². The maximum Gasteiger partial charge on any atom is 0.282 e. The molecule has 0 bridgehead atoms. The third kappa shape index (κ3) is 1.80. The van der Waals surface area contributed by atoms with Crippen LogP contribution in [-0.4, -0.2) is 19.2 Å². The molecule has 4 aromatic rings. The van der Waals surface area contributed by atoms with Crippen molar-refractivity contribution in [2.24, 2.45) is 0 Å². The molecule has 6 heteroatoms. The molecule has 0 aliphatic carbocycles. The number of hydrogen-bond acceptors (Lipinski definition) is 3. The van der Waals surface area contributed by atoms with Gasteiger partial charge in [0.05, 0.1) is 5.69 Å². The van der Waals surface area contributed by atoms with Gasteiger partial charge in [0.2, 0.25) is 0 Å². The molecular weight excluding hydrogens is 332 g/mol. The minimum atomic E-state index is -0.148. The van der Waals surface area contributed by atoms with E-state index in [9.17, 15) is 4.79 Å². The smallest absolute Gasteiger partial charge is 0.266 e. The summed E-state index contributed by atoms with van der Waals surface area (Å²) in [6, 6.07) is 14.9. The van der Waals surface area contributed by atoms with Crippen molar-refractivity contribution < 1.29 is 0 Å². The number of para-hydroxylation sites is 1. The van der Waals surface area contributed by atoms with Crippen LogP contribution >= 0.6 is 15.9 Å². The van der Waals surface area contributed by atoms with Gasteiger partial charge >= 0.3 is 0 Å². The molecule has 0 atom stereocenters. The first-order valence-corrected chi connectivity index (χ1v) is 7.15. The third-order valence-electron chi connectivity index (χ3n) is 3.32. The van der Waals surface area contributed by atoms with Crippen LogP contribution in [0, 0.1) is 0 Å². The van der Waals surface area contributed by atoms with E-state index in [2.05, 4.69) is 26.0 Å². The standard InChI is InChI=1S/C15H9BrN4O/c16-13-9-12-15(21)19(10-5-2-1-3-6-10)14-11(20(12)18-13)7-4-8-17-14/h1-9H. The highest BCUT2D eigenvalue weighted by atomic mass is 79.9. The van der Waals surface area contributed by atoms with Crippen molar-refractivity contribution in [3.63, 3.8) is 0 Å². The van der Waals surface area contributed by atoms with Crippen molar-refractivity contribution in [3.8, 4) is 5.69 Å². The zero-order valence-electron chi connectivity index (χ0n) is 10.8. The second-order valence-corrected chi connectivity index (χ2v) is 5.40. The van der Waals surface area contributed by atoms with Gasteiger partial charge in [0, 0.05) is 12.3 Å². The molecule has 5 nitrogen and oxygen atoms in total. The largest absolute Gasteiger partial charge is 0.282 e. The molecule has 0 fully saturated rings. The first kappa shape index (κ1) is 12.3. The second-order valence-electron chi connectivity index (χ2n) is 4.59. The second kappa shape index (κ2) is 4.53. The molecule has 1 aromatic carbocycles. The lowest BCUT2D eigenvalue weighted by Gasteiger charge is -2.10. The van der Waals surface area contributed by atoms with Crippen LogP contribution in [-0.2, 0) is 0 Å². The number of pyridine rings is 1. The summed E-state index contributed by atoms with van der Waals surface area (Å²) in [5, 5.41) is 4.32. The summed E-state index contributed by atoms with van der Waals surface area (Å²) in [4.78, 5) is 17.2. The van der Waals surface area contributed by atoms with Crippen molar-refractivity contribution in [3.05, 3.63) is 69.7 Å². The summed E-state index contributed by atoms with van der Waals surface area (Å²) >= 11 is 3.32. The Morgan fingerprint density at radius 2 is 1.81 bits per heavy atom. The topological polar surface area (TPSA) is 52.2 Å². The zero-order valence-corrected chi connectivity index (χ0v) is 12.4. The van der Waals surface area contributed by atoms with Gasteiger partial charge in [-0.05, 0) is 40.2 Å². The Labute approximate surface area is 127 Å². The Kier molecular flexibility index (Phi) is 2.65. The monoisotopic (exact) mass is 340 g/mol. The van der Waals surface area contributed by atoms with Crippen molar-refractivity contribution in [2.45, 2.75) is 0 Å². The van der Waals surface area contributed by atoms with Gasteiger partial charge in [0.1, 0.15) is 15.6 Å². The summed E-state index contributed by atoms with van der Waals surface area (Å²) < 4.78 is 3.85. The first-order chi connectivity index (χ1) is 10.3. The quantitative estimate of drug-likeness (QED) is 0.535. The van der Waals surface area contributed by atoms with E-state index in [1.807, 2.05) is 42.5 Å². The van der Waals surface area contributed by atoms with Crippen LogP contribution < -0.4 is 5.56 Å². The molecule has 0 spiro atoms. The van der Waals surface area contributed by atoms with Crippen molar-refractivity contribution in [1.82, 2.24) is 19.2 Å². The van der Waals surface area contributed by atoms with Crippen LogP contribution in [0.25, 0.3) is 22.4 Å². The number of rotatable bonds is 1. The summed E-state index contributed by atoms with van der Waals surface area (Å²) in [6.45, 7) is 0. The average Bonchev–Trinajstić information content (AvgIpc) is 2.91. The minimum Gasteiger partial charge on any atom is -0.266 e. The van der Waals surface area contributed by atoms with Crippen LogP contribution in [0.5, 0.6) is 0 Å². The molecule has 3 heterocycles. The molecule has 0 radical (unpaired) electrons. The predicted octanol–water partition coefficient (Wildman–Crippen LogP) is 2.80. The maximum absolute atomic E-state index is 12.8. The third-order valence-corrected chi connectivity index (χ3v) is 3.71. The molecule has 0 aliphatic rings. The Hall–Kier alpha value is -2.47. The molecule has 102 valence electrons. The number of benzene rings is 1. The molecule has 4 rings (SSSR count). The van der Waals surface area contributed by atoms with Gasteiger partial charge in [0.25, 0.3) is 5.56 Å². The van der Waals surface area contributed by atoms with Crippen molar-refractivity contribution in [1.29, 1.82) is 0 Å². The Bertz CT molecular complexity index is 1020. The maximum atomic E-state index is 12.8. The number of halogens is 1. The van der Waals surface area contributed by atoms with Gasteiger partial charge in [0.15, 0.2) is 5.65 Å². The predicted molar refractivity (Wildman–Crippen MR) is 83.8 cm³/mol. The normalized spacial score (nSPS) is 11.3. The lowest BCUT2D eigenvalue weighted by atomic mass is 10.3. The average molecular weight is 341 g/mol. The highest BCUT2D eigenvalue weighted by Gasteiger charge is 2.14. The molecule has 3 aromatic heterocycles. The van der Waals surface area contributed by atoms with Crippen LogP contribution in [0.15, 0.2) is 64.1 Å². The fourth-order valence-electron chi connectivity index (χ4n) is 2.44. The summed E-state index contributed by atoms with van der Waals surface area (Å²) in [7, 11) is 0. The van der Waals surface area contributed by atoms with Gasteiger partial charge in [-0.15, -0.1) is 0 Å². The van der Waals surface area contributed by atoms with Gasteiger partial charge in [-0.1, -0.05) is 18.2 Å². The molecular formula is C15H9BrN4O. The Morgan fingerprint density at radius 3 is 2.62 bits per heavy atom. The lowest BCUT2D eigenvalue weighted by molar-refractivity contribution is 0.929. The van der Waals surface area contributed by atoms with Gasteiger partial charge in [-0.3, -0.25) is 9.36 Å². The van der Waals surface area contributed by atoms with Crippen molar-refractivity contribution >= 4 is 32.6 Å². The Morgan fingerprint density at radius 1 is 1.00 bits per heavy atom. The molecule has 21 heavy (non-hydrogen) atoms. The summed E-state index contributed by atoms with van der Waals surface area (Å²) in [5.41, 5.74) is 2.50. The number of nitrogens with zero attached hydrogens (tertiary/aromatic N) is 4. The van der Waals surface area contributed by atoms with E-state index in [4.69, 9.17) is 0 Å². The molecule has 0 aliphatic heterocycles. The highest BCUT2D eigenvalue weighted by Crippen LogP contribution is 2.18. The SMILES string of the molecule is O=c1c2cc(Br)nn2c2cccnc2n1-c1ccccc1. The minimum absolute atomic E-state index is 0.148. The molecule has 0 unspecified atom stereocenters. The van der Waals surface area contributed by atoms with Crippen LogP contribution in [0.2, 0.25) is 0 Å². The molecule has 0 N–H and O–H groups in total. The Balaban J connectivity index is 2.28. The van der Waals surface area contributed by atoms with Gasteiger partial charge < -0.3 is 0 Å². The summed E-state index contributed by atoms with van der Waals surface area (Å²) in [5.74, 6) is 0. The number of aromatic nitrogens is 4. The molecule has 0 amide bonds. The van der Waals surface area contributed by atoms with E-state index in [1.165, 1.54) is 0 Å². The number of hydrogen-bond donors (Lipinski definition) is 0. The number of fused-ring (bicyclic) bond motifs is 3. The zero-order chi connectivity index (χ0) is 14.4. The highest BCUT2D eigenvalue weighted by molar-refractivity contribution is 9.10. The molecule has 0 saturated heterocycles. The van der Waals surface area contributed by atoms with E-state index in [-0.39, 0.29) is 5.56 Å². The van der Waals surface area contributed by atoms with E-state index in [1.54, 1.807) is 21.3 Å². The first-order valence-electron chi connectivity index (χ1n) is 6.36. The van der Waals surface area contributed by atoms with E-state index < -0.39 is 0 Å². The van der Waals surface area contributed by atoms with E-state index in [0.717, 1.165) is 11.2 Å². The van der Waals surface area contributed by atoms with Crippen LogP contribution in [0.4, 0.5) is 0 Å². The van der Waals surface area contributed by atoms with Gasteiger partial charge in [-0.25, -0.2) is 9.50 Å². The van der Waals surface area contributed by atoms with E-state index >= 15 is 0 Å². The fraction of sp³-hybridized carbons (Fsp3) is 0. The van der Waals surface area contributed by atoms with Gasteiger partial charge in [-0.2, -0.15) is 5.10 Å². The fourth-order valence-corrected chi connectivity index (χ4v) is 2.82. The molecule has 0 saturated carbocycles. The van der Waals surface area contributed by atoms with E-state index in [0.29, 0.717) is 15.8 Å². The lowest BCUT2D eigenvalue weighted by Crippen LogP contribution is -2.22. The van der Waals surface area contributed by atoms with Crippen LogP contribution in [0.1, 0.15) is 0 Å². The van der Waals surface area contributed by atoms with Crippen LogP contribution in [0.3, 0.4) is 0 Å².